The molecular weight excluding hydrogens is 272 g/mol. The fourth-order valence-corrected chi connectivity index (χ4v) is 1.28. The van der Waals surface area contributed by atoms with Gasteiger partial charge in [-0.3, -0.25) is 0 Å². The molecule has 0 aliphatic rings. The number of aryl methyl sites for hydroxylation is 1. The van der Waals surface area contributed by atoms with Gasteiger partial charge in [0, 0.05) is 23.0 Å². The summed E-state index contributed by atoms with van der Waals surface area (Å²) < 4.78 is 3.35. The third kappa shape index (κ3) is 3.38. The molecule has 0 unspecified atom stereocenters. The second kappa shape index (κ2) is 4.93. The molecule has 0 N–H and O–H groups in total. The predicted octanol–water partition coefficient (Wildman–Crippen LogP) is 2.45. The van der Waals surface area contributed by atoms with Gasteiger partial charge in [0.15, 0.2) is 12.4 Å². The van der Waals surface area contributed by atoms with E-state index in [2.05, 4.69) is 27.2 Å². The van der Waals surface area contributed by atoms with E-state index in [9.17, 15) is 0 Å². The van der Waals surface area contributed by atoms with Crippen molar-refractivity contribution in [1.82, 2.24) is 0 Å². The SMILES string of the molecule is Clc1cc[n+](CCCI)cc1. The topological polar surface area (TPSA) is 3.88 Å². The van der Waals surface area contributed by atoms with Crippen LogP contribution >= 0.6 is 34.2 Å². The molecule has 0 atom stereocenters. The Kier molecular flexibility index (Phi) is 4.15. The molecule has 1 nitrogen and oxygen atoms in total. The lowest BCUT2D eigenvalue weighted by atomic mass is 10.4. The van der Waals surface area contributed by atoms with Crippen LogP contribution in [0.3, 0.4) is 0 Å². The number of nitrogens with zero attached hydrogens (tertiary/aromatic N) is 1. The molecule has 0 aliphatic carbocycles. The molecule has 0 fully saturated rings. The van der Waals surface area contributed by atoms with Crippen molar-refractivity contribution in [2.24, 2.45) is 0 Å². The summed E-state index contributed by atoms with van der Waals surface area (Å²) in [5, 5.41) is 0.802. The molecule has 0 aliphatic heterocycles. The Morgan fingerprint density at radius 2 is 2.00 bits per heavy atom. The number of alkyl halides is 1. The molecule has 0 aromatic carbocycles. The summed E-state index contributed by atoms with van der Waals surface area (Å²) in [5.74, 6) is 0. The fraction of sp³-hybridized carbons (Fsp3) is 0.375. The van der Waals surface area contributed by atoms with Gasteiger partial charge in [-0.1, -0.05) is 34.2 Å². The lowest BCUT2D eigenvalue weighted by Crippen LogP contribution is -2.32. The smallest absolute Gasteiger partial charge is 0.170 e. The van der Waals surface area contributed by atoms with E-state index in [1.807, 2.05) is 24.5 Å². The van der Waals surface area contributed by atoms with Crippen LogP contribution in [0.25, 0.3) is 0 Å². The molecule has 0 spiro atoms. The van der Waals surface area contributed by atoms with Gasteiger partial charge >= 0.3 is 0 Å². The van der Waals surface area contributed by atoms with E-state index in [1.165, 1.54) is 10.8 Å². The Morgan fingerprint density at radius 1 is 1.36 bits per heavy atom. The highest BCUT2D eigenvalue weighted by molar-refractivity contribution is 14.1. The average Bonchev–Trinajstić information content (AvgIpc) is 2.04. The van der Waals surface area contributed by atoms with Crippen LogP contribution < -0.4 is 4.57 Å². The van der Waals surface area contributed by atoms with Crippen molar-refractivity contribution in [2.75, 3.05) is 4.43 Å². The molecule has 0 saturated heterocycles. The van der Waals surface area contributed by atoms with E-state index in [-0.39, 0.29) is 0 Å². The largest absolute Gasteiger partial charge is 0.205 e. The van der Waals surface area contributed by atoms with E-state index >= 15 is 0 Å². The van der Waals surface area contributed by atoms with Crippen LogP contribution in [0.4, 0.5) is 0 Å². The molecule has 0 saturated carbocycles. The van der Waals surface area contributed by atoms with Gasteiger partial charge in [-0.15, -0.1) is 0 Å². The summed E-state index contributed by atoms with van der Waals surface area (Å²) >= 11 is 8.11. The van der Waals surface area contributed by atoms with E-state index < -0.39 is 0 Å². The van der Waals surface area contributed by atoms with Gasteiger partial charge in [0.2, 0.25) is 0 Å². The van der Waals surface area contributed by atoms with Gasteiger partial charge in [0.1, 0.15) is 6.54 Å². The summed E-state index contributed by atoms with van der Waals surface area (Å²) in [6.45, 7) is 1.08. The molecular formula is C8H10ClIN+. The fourth-order valence-electron chi connectivity index (χ4n) is 0.831. The number of aromatic nitrogens is 1. The summed E-state index contributed by atoms with van der Waals surface area (Å²) in [4.78, 5) is 0. The van der Waals surface area contributed by atoms with Crippen molar-refractivity contribution >= 4 is 34.2 Å². The molecule has 0 amide bonds. The monoisotopic (exact) mass is 282 g/mol. The van der Waals surface area contributed by atoms with Gasteiger partial charge in [-0.05, 0) is 0 Å². The highest BCUT2D eigenvalue weighted by Crippen LogP contribution is 2.01. The maximum Gasteiger partial charge on any atom is 0.170 e. The minimum absolute atomic E-state index is 0.802. The zero-order valence-corrected chi connectivity index (χ0v) is 9.05. The molecule has 1 heterocycles. The van der Waals surface area contributed by atoms with E-state index in [0.29, 0.717) is 0 Å². The van der Waals surface area contributed by atoms with E-state index in [0.717, 1.165) is 11.6 Å². The van der Waals surface area contributed by atoms with Crippen molar-refractivity contribution in [1.29, 1.82) is 0 Å². The summed E-state index contributed by atoms with van der Waals surface area (Å²) in [6, 6.07) is 3.82. The highest BCUT2D eigenvalue weighted by Gasteiger charge is 1.97. The van der Waals surface area contributed by atoms with Crippen LogP contribution in [0.2, 0.25) is 5.02 Å². The van der Waals surface area contributed by atoms with E-state index in [1.54, 1.807) is 0 Å². The summed E-state index contributed by atoms with van der Waals surface area (Å²) in [6.07, 6.45) is 5.23. The van der Waals surface area contributed by atoms with Crippen molar-refractivity contribution in [3.8, 4) is 0 Å². The first kappa shape index (κ1) is 9.26. The predicted molar refractivity (Wildman–Crippen MR) is 55.2 cm³/mol. The zero-order chi connectivity index (χ0) is 8.10. The van der Waals surface area contributed by atoms with Crippen LogP contribution in [-0.4, -0.2) is 4.43 Å². The number of hydrogen-bond donors (Lipinski definition) is 0. The van der Waals surface area contributed by atoms with Gasteiger partial charge in [0.25, 0.3) is 0 Å². The molecule has 1 rings (SSSR count). The average molecular weight is 283 g/mol. The van der Waals surface area contributed by atoms with Crippen molar-refractivity contribution in [2.45, 2.75) is 13.0 Å². The first-order valence-electron chi connectivity index (χ1n) is 3.53. The van der Waals surface area contributed by atoms with Crippen molar-refractivity contribution in [3.63, 3.8) is 0 Å². The quantitative estimate of drug-likeness (QED) is 0.455. The van der Waals surface area contributed by atoms with Crippen LogP contribution in [0, 0.1) is 0 Å². The van der Waals surface area contributed by atoms with Crippen LogP contribution in [0.1, 0.15) is 6.42 Å². The van der Waals surface area contributed by atoms with Crippen LogP contribution in [0.5, 0.6) is 0 Å². The van der Waals surface area contributed by atoms with E-state index in [4.69, 9.17) is 11.6 Å². The molecule has 11 heavy (non-hydrogen) atoms. The standard InChI is InChI=1S/C8H10ClIN/c9-8-2-6-11(7-3-8)5-1-4-10/h2-3,6-7H,1,4-5H2/q+1. The Hall–Kier alpha value is 0.170. The Bertz CT molecular complexity index is 210. The molecule has 1 aromatic rings. The Balaban J connectivity index is 2.52. The second-order valence-electron chi connectivity index (χ2n) is 2.30. The number of hydrogen-bond acceptors (Lipinski definition) is 0. The minimum atomic E-state index is 0.802. The van der Waals surface area contributed by atoms with Gasteiger partial charge in [-0.2, -0.15) is 0 Å². The third-order valence-corrected chi connectivity index (χ3v) is 2.42. The zero-order valence-electron chi connectivity index (χ0n) is 6.13. The van der Waals surface area contributed by atoms with Crippen molar-refractivity contribution < 1.29 is 4.57 Å². The number of rotatable bonds is 3. The van der Waals surface area contributed by atoms with Crippen molar-refractivity contribution in [3.05, 3.63) is 29.5 Å². The Labute approximate surface area is 85.5 Å². The molecule has 60 valence electrons. The molecule has 3 heteroatoms. The highest BCUT2D eigenvalue weighted by atomic mass is 127. The molecule has 0 radical (unpaired) electrons. The van der Waals surface area contributed by atoms with Gasteiger partial charge in [0.05, 0.1) is 5.02 Å². The summed E-state index contributed by atoms with van der Waals surface area (Å²) in [7, 11) is 0. The Morgan fingerprint density at radius 3 is 2.55 bits per heavy atom. The number of halogens is 2. The number of pyridine rings is 1. The maximum atomic E-state index is 5.73. The lowest BCUT2D eigenvalue weighted by molar-refractivity contribution is -0.696. The second-order valence-corrected chi connectivity index (χ2v) is 3.81. The van der Waals surface area contributed by atoms with Crippen LogP contribution in [-0.2, 0) is 6.54 Å². The first-order valence-corrected chi connectivity index (χ1v) is 5.44. The third-order valence-electron chi connectivity index (χ3n) is 1.40. The molecule has 0 bridgehead atoms. The minimum Gasteiger partial charge on any atom is -0.205 e. The first-order chi connectivity index (χ1) is 5.33. The lowest BCUT2D eigenvalue weighted by Gasteiger charge is -1.93. The van der Waals surface area contributed by atoms with Gasteiger partial charge < -0.3 is 0 Å². The van der Waals surface area contributed by atoms with Gasteiger partial charge in [-0.25, -0.2) is 4.57 Å². The van der Waals surface area contributed by atoms with Crippen LogP contribution in [0.15, 0.2) is 24.5 Å². The summed E-state index contributed by atoms with van der Waals surface area (Å²) in [5.41, 5.74) is 0. The normalized spacial score (nSPS) is 10.0. The molecule has 1 aromatic heterocycles. The maximum absolute atomic E-state index is 5.73.